The molecule has 7 nitrogen and oxygen atoms in total. The van der Waals surface area contributed by atoms with Crippen LogP contribution in [0.5, 0.6) is 0 Å². The fourth-order valence-corrected chi connectivity index (χ4v) is 2.19. The fraction of sp³-hybridized carbons (Fsp3) is 0.0588. The number of anilines is 2. The van der Waals surface area contributed by atoms with Crippen LogP contribution in [0.1, 0.15) is 17.3 Å². The van der Waals surface area contributed by atoms with Crippen molar-refractivity contribution in [1.82, 2.24) is 10.2 Å². The van der Waals surface area contributed by atoms with Crippen LogP contribution in [0.3, 0.4) is 0 Å². The van der Waals surface area contributed by atoms with E-state index in [9.17, 15) is 9.59 Å². The zero-order valence-corrected chi connectivity index (χ0v) is 13.9. The van der Waals surface area contributed by atoms with E-state index < -0.39 is 5.91 Å². The van der Waals surface area contributed by atoms with Crippen molar-refractivity contribution in [2.75, 3.05) is 10.6 Å². The molecule has 0 radical (unpaired) electrons. The Morgan fingerprint density at radius 1 is 0.960 bits per heavy atom. The largest absolute Gasteiger partial charge is 0.403 e. The minimum Gasteiger partial charge on any atom is -0.403 e. The Morgan fingerprint density at radius 2 is 1.64 bits per heavy atom. The van der Waals surface area contributed by atoms with Gasteiger partial charge in [-0.25, -0.2) is 0 Å². The van der Waals surface area contributed by atoms with E-state index in [0.29, 0.717) is 21.8 Å². The van der Waals surface area contributed by atoms with Crippen molar-refractivity contribution in [3.8, 4) is 11.5 Å². The number of carbonyl (C=O) groups excluding carboxylic acids is 2. The van der Waals surface area contributed by atoms with Gasteiger partial charge in [-0.2, -0.15) is 0 Å². The number of nitrogens with one attached hydrogen (secondary N) is 2. The highest BCUT2D eigenvalue weighted by molar-refractivity contribution is 6.30. The van der Waals surface area contributed by atoms with Gasteiger partial charge in [-0.15, -0.1) is 5.10 Å². The number of rotatable bonds is 4. The Balaban J connectivity index is 1.69. The highest BCUT2D eigenvalue weighted by Gasteiger charge is 2.13. The molecular weight excluding hydrogens is 344 g/mol. The molecule has 0 aliphatic rings. The molecule has 1 heterocycles. The number of hydrogen-bond donors (Lipinski definition) is 2. The smallest absolute Gasteiger partial charge is 0.322 e. The number of amides is 2. The van der Waals surface area contributed by atoms with Crippen LogP contribution < -0.4 is 10.6 Å². The molecule has 2 N–H and O–H groups in total. The topological polar surface area (TPSA) is 97.1 Å². The Morgan fingerprint density at radius 3 is 2.28 bits per heavy atom. The summed E-state index contributed by atoms with van der Waals surface area (Å²) < 4.78 is 5.42. The monoisotopic (exact) mass is 356 g/mol. The quantitative estimate of drug-likeness (QED) is 0.744. The molecule has 126 valence electrons. The molecular formula is C17H13ClN4O3. The predicted molar refractivity (Wildman–Crippen MR) is 93.4 cm³/mol. The number of aromatic nitrogens is 2. The molecule has 0 saturated heterocycles. The van der Waals surface area contributed by atoms with Crippen LogP contribution in [0.2, 0.25) is 5.02 Å². The normalized spacial score (nSPS) is 10.3. The zero-order valence-electron chi connectivity index (χ0n) is 13.1. The maximum Gasteiger partial charge on any atom is 0.322 e. The average Bonchev–Trinajstić information content (AvgIpc) is 3.04. The van der Waals surface area contributed by atoms with Gasteiger partial charge in [-0.05, 0) is 48.5 Å². The first-order valence-corrected chi connectivity index (χ1v) is 7.67. The van der Waals surface area contributed by atoms with Gasteiger partial charge in [0.2, 0.25) is 11.8 Å². The Hall–Kier alpha value is -3.19. The van der Waals surface area contributed by atoms with Crippen LogP contribution in [-0.2, 0) is 4.79 Å². The number of carbonyl (C=O) groups is 2. The van der Waals surface area contributed by atoms with Gasteiger partial charge in [-0.3, -0.25) is 14.9 Å². The van der Waals surface area contributed by atoms with Crippen LogP contribution in [0.15, 0.2) is 52.9 Å². The first-order valence-electron chi connectivity index (χ1n) is 7.30. The third-order valence-corrected chi connectivity index (χ3v) is 3.46. The van der Waals surface area contributed by atoms with Gasteiger partial charge in [0.15, 0.2) is 0 Å². The fourth-order valence-electron chi connectivity index (χ4n) is 2.06. The summed E-state index contributed by atoms with van der Waals surface area (Å²) in [6.45, 7) is 1.41. The van der Waals surface area contributed by atoms with Gasteiger partial charge in [0.25, 0.3) is 5.91 Å². The lowest BCUT2D eigenvalue weighted by Gasteiger charge is -2.04. The summed E-state index contributed by atoms with van der Waals surface area (Å²) in [6.07, 6.45) is 0. The summed E-state index contributed by atoms with van der Waals surface area (Å²) in [7, 11) is 0. The van der Waals surface area contributed by atoms with E-state index in [2.05, 4.69) is 20.8 Å². The SMILES string of the molecule is CC(=O)Nc1ccc(C(=O)Nc2nnc(-c3ccc(Cl)cc3)o2)cc1. The lowest BCUT2D eigenvalue weighted by molar-refractivity contribution is -0.114. The standard InChI is InChI=1S/C17H13ClN4O3/c1-10(23)19-14-8-4-11(5-9-14)15(24)20-17-22-21-16(25-17)12-2-6-13(18)7-3-12/h2-9H,1H3,(H,19,23)(H,20,22,24). The van der Waals surface area contributed by atoms with Gasteiger partial charge in [0, 0.05) is 28.8 Å². The molecule has 0 saturated carbocycles. The van der Waals surface area contributed by atoms with Gasteiger partial charge in [-0.1, -0.05) is 16.7 Å². The average molecular weight is 357 g/mol. The second-order valence-electron chi connectivity index (χ2n) is 5.13. The van der Waals surface area contributed by atoms with E-state index in [4.69, 9.17) is 16.0 Å². The van der Waals surface area contributed by atoms with Crippen LogP contribution >= 0.6 is 11.6 Å². The Bertz CT molecular complexity index is 904. The molecule has 1 aromatic heterocycles. The molecule has 3 rings (SSSR count). The maximum atomic E-state index is 12.2. The van der Waals surface area contributed by atoms with E-state index in [1.54, 1.807) is 48.5 Å². The molecule has 0 aliphatic heterocycles. The van der Waals surface area contributed by atoms with Crippen molar-refractivity contribution >= 4 is 35.1 Å². The summed E-state index contributed by atoms with van der Waals surface area (Å²) in [4.78, 5) is 23.2. The first-order chi connectivity index (χ1) is 12.0. The van der Waals surface area contributed by atoms with Crippen molar-refractivity contribution in [3.63, 3.8) is 0 Å². The Kier molecular flexibility index (Phi) is 4.76. The lowest BCUT2D eigenvalue weighted by atomic mass is 10.2. The van der Waals surface area contributed by atoms with Gasteiger partial charge in [0.1, 0.15) is 0 Å². The summed E-state index contributed by atoms with van der Waals surface area (Å²) in [5.41, 5.74) is 1.68. The van der Waals surface area contributed by atoms with Crippen LogP contribution in [-0.4, -0.2) is 22.0 Å². The molecule has 25 heavy (non-hydrogen) atoms. The van der Waals surface area contributed by atoms with Gasteiger partial charge in [0.05, 0.1) is 0 Å². The molecule has 0 unspecified atom stereocenters. The molecule has 0 fully saturated rings. The van der Waals surface area contributed by atoms with Crippen molar-refractivity contribution in [2.24, 2.45) is 0 Å². The Labute approximate surface area is 148 Å². The van der Waals surface area contributed by atoms with Gasteiger partial charge < -0.3 is 9.73 Å². The van der Waals surface area contributed by atoms with Crippen molar-refractivity contribution in [1.29, 1.82) is 0 Å². The molecule has 0 atom stereocenters. The van der Waals surface area contributed by atoms with E-state index in [1.165, 1.54) is 6.92 Å². The van der Waals surface area contributed by atoms with E-state index in [0.717, 1.165) is 0 Å². The summed E-state index contributed by atoms with van der Waals surface area (Å²) >= 11 is 5.83. The summed E-state index contributed by atoms with van der Waals surface area (Å²) in [6, 6.07) is 13.3. The van der Waals surface area contributed by atoms with Crippen LogP contribution in [0.25, 0.3) is 11.5 Å². The van der Waals surface area contributed by atoms with Gasteiger partial charge >= 0.3 is 6.01 Å². The summed E-state index contributed by atoms with van der Waals surface area (Å²) in [5.74, 6) is -0.313. The van der Waals surface area contributed by atoms with Crippen LogP contribution in [0, 0.1) is 0 Å². The molecule has 0 spiro atoms. The first kappa shape index (κ1) is 16.7. The van der Waals surface area contributed by atoms with Crippen molar-refractivity contribution in [2.45, 2.75) is 6.92 Å². The lowest BCUT2D eigenvalue weighted by Crippen LogP contribution is -2.12. The van der Waals surface area contributed by atoms with E-state index in [-0.39, 0.29) is 17.8 Å². The molecule has 2 amide bonds. The molecule has 8 heteroatoms. The highest BCUT2D eigenvalue weighted by atomic mass is 35.5. The van der Waals surface area contributed by atoms with E-state index >= 15 is 0 Å². The second kappa shape index (κ2) is 7.14. The van der Waals surface area contributed by atoms with Crippen LogP contribution in [0.4, 0.5) is 11.7 Å². The highest BCUT2D eigenvalue weighted by Crippen LogP contribution is 2.22. The second-order valence-corrected chi connectivity index (χ2v) is 5.57. The molecule has 3 aromatic rings. The number of halogens is 1. The molecule has 2 aromatic carbocycles. The summed E-state index contributed by atoms with van der Waals surface area (Å²) in [5, 5.41) is 13.4. The minimum absolute atomic E-state index is 0.0131. The number of hydrogen-bond acceptors (Lipinski definition) is 5. The molecule has 0 bridgehead atoms. The van der Waals surface area contributed by atoms with Crippen molar-refractivity contribution in [3.05, 3.63) is 59.1 Å². The minimum atomic E-state index is -0.402. The predicted octanol–water partition coefficient (Wildman–Crippen LogP) is 3.60. The zero-order chi connectivity index (χ0) is 17.8. The molecule has 0 aliphatic carbocycles. The number of benzene rings is 2. The van der Waals surface area contributed by atoms with Crippen molar-refractivity contribution < 1.29 is 14.0 Å². The van der Waals surface area contributed by atoms with E-state index in [1.807, 2.05) is 0 Å². The third kappa shape index (κ3) is 4.21. The third-order valence-electron chi connectivity index (χ3n) is 3.20. The maximum absolute atomic E-state index is 12.2. The number of nitrogens with zero attached hydrogens (tertiary/aromatic N) is 2.